The number of nitrogens with zero attached hydrogens (tertiary/aromatic N) is 1. The zero-order valence-electron chi connectivity index (χ0n) is 27.4. The van der Waals surface area contributed by atoms with Crippen LogP contribution in [0.1, 0.15) is 0 Å². The summed E-state index contributed by atoms with van der Waals surface area (Å²) in [4.78, 5) is 2.50. The topological polar surface area (TPSA) is 16.4 Å². The van der Waals surface area contributed by atoms with Gasteiger partial charge in [-0.1, -0.05) is 140 Å². The maximum atomic E-state index is 6.66. The first-order valence-corrected chi connectivity index (χ1v) is 20.0. The van der Waals surface area contributed by atoms with E-state index < -0.39 is 8.07 Å². The molecule has 232 valence electrons. The van der Waals surface area contributed by atoms with E-state index >= 15 is 0 Å². The molecule has 0 atom stereocenters. The number of fused-ring (bicyclic) bond motifs is 9. The third-order valence-electron chi connectivity index (χ3n) is 10.6. The van der Waals surface area contributed by atoms with Crippen LogP contribution in [0.2, 0.25) is 13.1 Å². The van der Waals surface area contributed by atoms with Crippen LogP contribution in [0.25, 0.3) is 65.7 Å². The SMILES string of the molecule is C[Si]1(C)c2ccc3c(oc4ccccc43)c2-c2cccc(N(c3ccc(-c4ccc5ccccc5c4)cc3)c3cccc4ccccc34)c21. The Morgan fingerprint density at radius 3 is 2.02 bits per heavy atom. The second kappa shape index (κ2) is 10.5. The van der Waals surface area contributed by atoms with Gasteiger partial charge in [0.25, 0.3) is 0 Å². The maximum absolute atomic E-state index is 6.66. The average Bonchev–Trinajstić information content (AvgIpc) is 3.64. The number of anilines is 3. The minimum Gasteiger partial charge on any atom is -0.455 e. The van der Waals surface area contributed by atoms with Crippen LogP contribution in [0.4, 0.5) is 17.1 Å². The molecule has 0 saturated heterocycles. The molecule has 1 aliphatic heterocycles. The first kappa shape index (κ1) is 28.1. The lowest BCUT2D eigenvalue weighted by molar-refractivity contribution is 0.670. The van der Waals surface area contributed by atoms with E-state index in [9.17, 15) is 0 Å². The molecule has 0 spiro atoms. The van der Waals surface area contributed by atoms with Gasteiger partial charge in [0.2, 0.25) is 0 Å². The van der Waals surface area contributed by atoms with Crippen molar-refractivity contribution in [3.8, 4) is 22.3 Å². The van der Waals surface area contributed by atoms with Gasteiger partial charge in [-0.15, -0.1) is 0 Å². The molecule has 0 N–H and O–H groups in total. The third kappa shape index (κ3) is 4.19. The molecule has 10 rings (SSSR count). The zero-order chi connectivity index (χ0) is 32.7. The summed E-state index contributed by atoms with van der Waals surface area (Å²) in [7, 11) is -2.18. The highest BCUT2D eigenvalue weighted by atomic mass is 28.3. The molecule has 1 aliphatic rings. The molecule has 2 nitrogen and oxygen atoms in total. The maximum Gasteiger partial charge on any atom is 0.143 e. The molecule has 8 aromatic carbocycles. The Balaban J connectivity index is 1.20. The molecule has 0 aliphatic carbocycles. The molecule has 0 radical (unpaired) electrons. The van der Waals surface area contributed by atoms with E-state index in [0.29, 0.717) is 0 Å². The normalized spacial score (nSPS) is 13.3. The van der Waals surface area contributed by atoms with Gasteiger partial charge in [0, 0.05) is 33.1 Å². The summed E-state index contributed by atoms with van der Waals surface area (Å²) >= 11 is 0. The van der Waals surface area contributed by atoms with Crippen LogP contribution < -0.4 is 15.3 Å². The number of para-hydroxylation sites is 1. The van der Waals surface area contributed by atoms with Crippen molar-refractivity contribution in [1.29, 1.82) is 0 Å². The Morgan fingerprint density at radius 2 is 1.16 bits per heavy atom. The summed E-state index contributed by atoms with van der Waals surface area (Å²) < 4.78 is 6.66. The van der Waals surface area contributed by atoms with Crippen molar-refractivity contribution in [2.45, 2.75) is 13.1 Å². The highest BCUT2D eigenvalue weighted by Gasteiger charge is 2.42. The fourth-order valence-corrected chi connectivity index (χ4v) is 11.6. The monoisotopic (exact) mass is 643 g/mol. The highest BCUT2D eigenvalue weighted by Crippen LogP contribution is 2.45. The van der Waals surface area contributed by atoms with Gasteiger partial charge < -0.3 is 9.32 Å². The molecule has 1 aromatic heterocycles. The second-order valence-corrected chi connectivity index (χ2v) is 18.0. The quantitative estimate of drug-likeness (QED) is 0.177. The van der Waals surface area contributed by atoms with Gasteiger partial charge in [-0.05, 0) is 79.6 Å². The fourth-order valence-electron chi connectivity index (χ4n) is 8.29. The third-order valence-corrected chi connectivity index (χ3v) is 14.2. The number of rotatable bonds is 4. The summed E-state index contributed by atoms with van der Waals surface area (Å²) in [6, 6.07) is 59.8. The van der Waals surface area contributed by atoms with Gasteiger partial charge in [0.15, 0.2) is 0 Å². The second-order valence-electron chi connectivity index (χ2n) is 13.7. The lowest BCUT2D eigenvalue weighted by atomic mass is 9.99. The molecular weight excluding hydrogens is 611 g/mol. The van der Waals surface area contributed by atoms with Crippen LogP contribution in [0.3, 0.4) is 0 Å². The van der Waals surface area contributed by atoms with Gasteiger partial charge in [0.1, 0.15) is 19.2 Å². The van der Waals surface area contributed by atoms with Crippen LogP contribution in [0, 0.1) is 0 Å². The lowest BCUT2D eigenvalue weighted by Crippen LogP contribution is -2.50. The zero-order valence-corrected chi connectivity index (χ0v) is 28.4. The summed E-state index contributed by atoms with van der Waals surface area (Å²) in [5, 5.41) is 10.2. The molecule has 49 heavy (non-hydrogen) atoms. The summed E-state index contributed by atoms with van der Waals surface area (Å²) in [6.45, 7) is 5.00. The standard InChI is InChI=1S/C46H33NOSi/c1-49(2)43-28-27-38-37-16-7-8-20-42(37)48-45(38)44(43)39-17-10-19-41(46(39)49)47(40-18-9-14-32-12-5-6-15-36(32)40)35-25-23-31(24-26-35)34-22-21-30-11-3-4-13-33(30)29-34/h3-29H,1-2H3. The smallest absolute Gasteiger partial charge is 0.143 e. The van der Waals surface area contributed by atoms with Gasteiger partial charge in [-0.25, -0.2) is 0 Å². The van der Waals surface area contributed by atoms with E-state index in [1.54, 1.807) is 0 Å². The Hall–Kier alpha value is -5.90. The molecule has 0 bridgehead atoms. The molecule has 9 aromatic rings. The summed E-state index contributed by atoms with van der Waals surface area (Å²) in [5.74, 6) is 0. The minimum absolute atomic E-state index is 0.943. The molecule has 3 heteroatoms. The molecule has 0 amide bonds. The average molecular weight is 644 g/mol. The lowest BCUT2D eigenvalue weighted by Gasteiger charge is -2.32. The van der Waals surface area contributed by atoms with Gasteiger partial charge in [0.05, 0.1) is 5.69 Å². The highest BCUT2D eigenvalue weighted by molar-refractivity contribution is 7.05. The first-order valence-electron chi connectivity index (χ1n) is 17.0. The Bertz CT molecular complexity index is 2750. The molecule has 0 unspecified atom stereocenters. The summed E-state index contributed by atoms with van der Waals surface area (Å²) in [6.07, 6.45) is 0. The Labute approximate surface area is 286 Å². The van der Waals surface area contributed by atoms with Crippen LogP contribution in [0.5, 0.6) is 0 Å². The van der Waals surface area contributed by atoms with E-state index in [1.807, 2.05) is 0 Å². The summed E-state index contributed by atoms with van der Waals surface area (Å²) in [5.41, 5.74) is 10.5. The predicted octanol–water partition coefficient (Wildman–Crippen LogP) is 11.8. The van der Waals surface area contributed by atoms with Gasteiger partial charge in [-0.2, -0.15) is 0 Å². The van der Waals surface area contributed by atoms with Gasteiger partial charge in [-0.3, -0.25) is 0 Å². The van der Waals surface area contributed by atoms with Crippen molar-refractivity contribution in [1.82, 2.24) is 0 Å². The molecular formula is C46H33NOSi. The Kier molecular flexibility index (Phi) is 6.06. The van der Waals surface area contributed by atoms with Crippen molar-refractivity contribution in [3.05, 3.63) is 164 Å². The fraction of sp³-hybridized carbons (Fsp3) is 0.0435. The first-order chi connectivity index (χ1) is 24.1. The number of hydrogen-bond acceptors (Lipinski definition) is 2. The van der Waals surface area contributed by atoms with E-state index in [1.165, 1.54) is 76.3 Å². The van der Waals surface area contributed by atoms with Crippen molar-refractivity contribution < 1.29 is 4.42 Å². The van der Waals surface area contributed by atoms with Crippen LogP contribution in [0.15, 0.2) is 168 Å². The van der Waals surface area contributed by atoms with E-state index in [0.717, 1.165) is 16.9 Å². The number of hydrogen-bond donors (Lipinski definition) is 0. The van der Waals surface area contributed by atoms with Crippen LogP contribution in [-0.4, -0.2) is 8.07 Å². The number of furan rings is 1. The van der Waals surface area contributed by atoms with Crippen molar-refractivity contribution in [2.24, 2.45) is 0 Å². The predicted molar refractivity (Wildman–Crippen MR) is 211 cm³/mol. The Morgan fingerprint density at radius 1 is 0.490 bits per heavy atom. The van der Waals surface area contributed by atoms with Crippen molar-refractivity contribution >= 4 is 79.0 Å². The molecule has 0 fully saturated rings. The largest absolute Gasteiger partial charge is 0.455 e. The molecule has 2 heterocycles. The van der Waals surface area contributed by atoms with Crippen LogP contribution in [-0.2, 0) is 0 Å². The van der Waals surface area contributed by atoms with Gasteiger partial charge >= 0.3 is 0 Å². The van der Waals surface area contributed by atoms with Crippen LogP contribution >= 0.6 is 0 Å². The van der Waals surface area contributed by atoms with Crippen molar-refractivity contribution in [2.75, 3.05) is 4.90 Å². The van der Waals surface area contributed by atoms with E-state index in [-0.39, 0.29) is 0 Å². The molecule has 0 saturated carbocycles. The van der Waals surface area contributed by atoms with Crippen molar-refractivity contribution in [3.63, 3.8) is 0 Å². The van der Waals surface area contributed by atoms with E-state index in [2.05, 4.69) is 182 Å². The number of benzene rings is 8. The minimum atomic E-state index is -2.18. The van der Waals surface area contributed by atoms with E-state index in [4.69, 9.17) is 4.42 Å².